The summed E-state index contributed by atoms with van der Waals surface area (Å²) in [6.45, 7) is 4.98. The number of aliphatic hydroxyl groups excluding tert-OH is 1. The Balaban J connectivity index is 1.31. The normalized spacial score (nSPS) is 28.4. The SMILES string of the molecule is CC#CCN1C[C@H]2CC[C@@]2(c2ccc(-c3cnc(N)c(C(=O)NC4CCC(O)CC4)c3)cc2)C1. The van der Waals surface area contributed by atoms with Crippen LogP contribution in [0.2, 0.25) is 0 Å². The van der Waals surface area contributed by atoms with Crippen LogP contribution in [0, 0.1) is 17.8 Å². The number of pyridine rings is 1. The van der Waals surface area contributed by atoms with Gasteiger partial charge < -0.3 is 16.2 Å². The number of aliphatic hydroxyl groups is 1. The first-order chi connectivity index (χ1) is 16.5. The number of amides is 1. The predicted octanol–water partition coefficient (Wildman–Crippen LogP) is 3.35. The fraction of sp³-hybridized carbons (Fsp3) is 0.500. The van der Waals surface area contributed by atoms with Crippen molar-refractivity contribution in [3.63, 3.8) is 0 Å². The largest absolute Gasteiger partial charge is 0.393 e. The van der Waals surface area contributed by atoms with Crippen LogP contribution in [-0.2, 0) is 5.41 Å². The molecule has 2 heterocycles. The molecule has 2 atom stereocenters. The van der Waals surface area contributed by atoms with Crippen LogP contribution in [0.1, 0.15) is 61.4 Å². The molecule has 1 aliphatic heterocycles. The van der Waals surface area contributed by atoms with Crippen molar-refractivity contribution in [1.82, 2.24) is 15.2 Å². The van der Waals surface area contributed by atoms with Crippen LogP contribution in [0.5, 0.6) is 0 Å². The molecule has 0 bridgehead atoms. The van der Waals surface area contributed by atoms with Gasteiger partial charge in [0.1, 0.15) is 5.82 Å². The zero-order chi connectivity index (χ0) is 23.7. The molecule has 1 aromatic heterocycles. The first-order valence-electron chi connectivity index (χ1n) is 12.5. The van der Waals surface area contributed by atoms with Gasteiger partial charge in [-0.05, 0) is 68.6 Å². The number of rotatable bonds is 5. The maximum Gasteiger partial charge on any atom is 0.255 e. The second-order valence-electron chi connectivity index (χ2n) is 10.2. The number of carbonyl (C=O) groups excluding carboxylic acids is 1. The highest BCUT2D eigenvalue weighted by atomic mass is 16.3. The van der Waals surface area contributed by atoms with Gasteiger partial charge in [-0.1, -0.05) is 30.2 Å². The number of aromatic nitrogens is 1. The van der Waals surface area contributed by atoms with Crippen molar-refractivity contribution in [1.29, 1.82) is 0 Å². The van der Waals surface area contributed by atoms with E-state index in [-0.39, 0.29) is 29.3 Å². The first-order valence-corrected chi connectivity index (χ1v) is 12.5. The van der Waals surface area contributed by atoms with E-state index in [9.17, 15) is 9.90 Å². The molecule has 0 unspecified atom stereocenters. The van der Waals surface area contributed by atoms with E-state index in [0.29, 0.717) is 11.5 Å². The molecule has 0 radical (unpaired) electrons. The summed E-state index contributed by atoms with van der Waals surface area (Å²) >= 11 is 0. The highest BCUT2D eigenvalue weighted by Gasteiger charge is 2.53. The molecule has 6 nitrogen and oxygen atoms in total. The molecule has 6 heteroatoms. The number of nitrogens with zero attached hydrogens (tertiary/aromatic N) is 2. The van der Waals surface area contributed by atoms with E-state index in [2.05, 4.69) is 51.3 Å². The van der Waals surface area contributed by atoms with Crippen LogP contribution in [0.3, 0.4) is 0 Å². The molecule has 4 N–H and O–H groups in total. The van der Waals surface area contributed by atoms with Gasteiger partial charge in [-0.25, -0.2) is 4.98 Å². The Morgan fingerprint density at radius 3 is 2.65 bits per heavy atom. The lowest BCUT2D eigenvalue weighted by molar-refractivity contribution is 0.0868. The average molecular weight is 459 g/mol. The summed E-state index contributed by atoms with van der Waals surface area (Å²) in [6.07, 6.45) is 7.02. The lowest BCUT2D eigenvalue weighted by Gasteiger charge is -2.45. The summed E-state index contributed by atoms with van der Waals surface area (Å²) in [5, 5.41) is 12.8. The molecule has 1 amide bonds. The van der Waals surface area contributed by atoms with Gasteiger partial charge in [-0.15, -0.1) is 5.92 Å². The van der Waals surface area contributed by atoms with Crippen molar-refractivity contribution in [2.45, 2.75) is 63.0 Å². The van der Waals surface area contributed by atoms with Crippen molar-refractivity contribution < 1.29 is 9.90 Å². The first kappa shape index (κ1) is 22.9. The van der Waals surface area contributed by atoms with E-state index in [1.54, 1.807) is 6.20 Å². The number of nitrogens with one attached hydrogen (secondary N) is 1. The minimum Gasteiger partial charge on any atom is -0.393 e. The molecule has 0 spiro atoms. The number of fused-ring (bicyclic) bond motifs is 1. The third kappa shape index (κ3) is 4.31. The minimum absolute atomic E-state index is 0.0715. The minimum atomic E-state index is -0.252. The van der Waals surface area contributed by atoms with Crippen molar-refractivity contribution in [2.75, 3.05) is 25.4 Å². The van der Waals surface area contributed by atoms with Gasteiger partial charge in [0, 0.05) is 36.3 Å². The monoisotopic (exact) mass is 458 g/mol. The fourth-order valence-electron chi connectivity index (χ4n) is 6.02. The molecule has 2 aromatic rings. The quantitative estimate of drug-likeness (QED) is 0.598. The van der Waals surface area contributed by atoms with Crippen molar-refractivity contribution >= 4 is 11.7 Å². The van der Waals surface area contributed by atoms with Gasteiger partial charge in [0.05, 0.1) is 18.2 Å². The Labute approximate surface area is 201 Å². The lowest BCUT2D eigenvalue weighted by atomic mass is 9.58. The van der Waals surface area contributed by atoms with Gasteiger partial charge in [0.25, 0.3) is 5.91 Å². The molecule has 34 heavy (non-hydrogen) atoms. The molecular weight excluding hydrogens is 424 g/mol. The number of nitrogen functional groups attached to an aromatic ring is 1. The molecule has 2 saturated carbocycles. The van der Waals surface area contributed by atoms with Gasteiger partial charge in [-0.2, -0.15) is 0 Å². The van der Waals surface area contributed by atoms with E-state index >= 15 is 0 Å². The lowest BCUT2D eigenvalue weighted by Crippen LogP contribution is -2.43. The number of anilines is 1. The molecular formula is C28H34N4O2. The number of hydrogen-bond acceptors (Lipinski definition) is 5. The average Bonchev–Trinajstić information content (AvgIpc) is 3.09. The summed E-state index contributed by atoms with van der Waals surface area (Å²) in [5.41, 5.74) is 10.1. The van der Waals surface area contributed by atoms with Gasteiger partial charge in [0.2, 0.25) is 0 Å². The molecule has 3 fully saturated rings. The number of likely N-dealkylation sites (tertiary alicyclic amines) is 1. The van der Waals surface area contributed by atoms with Crippen molar-refractivity contribution in [3.05, 3.63) is 47.7 Å². The second-order valence-corrected chi connectivity index (χ2v) is 10.2. The van der Waals surface area contributed by atoms with Gasteiger partial charge in [-0.3, -0.25) is 9.69 Å². The van der Waals surface area contributed by atoms with Crippen LogP contribution < -0.4 is 11.1 Å². The van der Waals surface area contributed by atoms with E-state index in [1.165, 1.54) is 18.4 Å². The Morgan fingerprint density at radius 2 is 1.97 bits per heavy atom. The van der Waals surface area contributed by atoms with Crippen molar-refractivity contribution in [2.24, 2.45) is 5.92 Å². The number of carbonyl (C=O) groups is 1. The summed E-state index contributed by atoms with van der Waals surface area (Å²) < 4.78 is 0. The van der Waals surface area contributed by atoms with E-state index in [4.69, 9.17) is 5.73 Å². The summed E-state index contributed by atoms with van der Waals surface area (Å²) in [4.78, 5) is 19.7. The zero-order valence-corrected chi connectivity index (χ0v) is 19.9. The van der Waals surface area contributed by atoms with E-state index < -0.39 is 0 Å². The molecule has 5 rings (SSSR count). The van der Waals surface area contributed by atoms with Crippen LogP contribution in [0.4, 0.5) is 5.82 Å². The molecule has 3 aliphatic rings. The summed E-state index contributed by atoms with van der Waals surface area (Å²) in [5.74, 6) is 7.00. The standard InChI is InChI=1S/C28H34N4O2/c1-2-3-14-32-17-22-12-13-28(22,18-32)21-6-4-19(5-7-21)20-15-25(26(29)30-16-20)27(34)31-23-8-10-24(33)11-9-23/h4-7,15-16,22-24,33H,8-14,17-18H2,1H3,(H2,29,30)(H,31,34)/t22-,23?,24?,28+/m1/s1. The molecule has 1 aromatic carbocycles. The molecule has 1 saturated heterocycles. The smallest absolute Gasteiger partial charge is 0.255 e. The van der Waals surface area contributed by atoms with Crippen LogP contribution in [-0.4, -0.2) is 52.7 Å². The Morgan fingerprint density at radius 1 is 1.21 bits per heavy atom. The van der Waals surface area contributed by atoms with E-state index in [1.807, 2.05) is 13.0 Å². The van der Waals surface area contributed by atoms with E-state index in [0.717, 1.165) is 56.4 Å². The van der Waals surface area contributed by atoms with Crippen molar-refractivity contribution in [3.8, 4) is 23.0 Å². The molecule has 178 valence electrons. The topological polar surface area (TPSA) is 91.5 Å². The maximum absolute atomic E-state index is 12.9. The fourth-order valence-corrected chi connectivity index (χ4v) is 6.02. The predicted molar refractivity (Wildman–Crippen MR) is 134 cm³/mol. The molecule has 2 aliphatic carbocycles. The number of nitrogens with two attached hydrogens (primary N) is 1. The Kier molecular flexibility index (Phi) is 6.33. The summed E-state index contributed by atoms with van der Waals surface area (Å²) in [7, 11) is 0. The summed E-state index contributed by atoms with van der Waals surface area (Å²) in [6, 6.07) is 10.7. The maximum atomic E-state index is 12.9. The highest BCUT2D eigenvalue weighted by Crippen LogP contribution is 2.53. The second kappa shape index (κ2) is 9.40. The third-order valence-electron chi connectivity index (χ3n) is 8.17. The number of hydrogen-bond donors (Lipinski definition) is 3. The Hall–Kier alpha value is -2.88. The highest BCUT2D eigenvalue weighted by molar-refractivity contribution is 5.99. The van der Waals surface area contributed by atoms with Gasteiger partial charge in [0.15, 0.2) is 0 Å². The Bertz CT molecular complexity index is 1110. The third-order valence-corrected chi connectivity index (χ3v) is 8.17. The number of benzene rings is 1. The van der Waals surface area contributed by atoms with Crippen LogP contribution >= 0.6 is 0 Å². The van der Waals surface area contributed by atoms with Crippen LogP contribution in [0.15, 0.2) is 36.5 Å². The van der Waals surface area contributed by atoms with Crippen LogP contribution in [0.25, 0.3) is 11.1 Å². The van der Waals surface area contributed by atoms with Gasteiger partial charge >= 0.3 is 0 Å². The zero-order valence-electron chi connectivity index (χ0n) is 19.9.